The number of carbonyl (C=O) groups excluding carboxylic acids is 2. The molecule has 0 saturated heterocycles. The molecule has 0 atom stereocenters. The quantitative estimate of drug-likeness (QED) is 0.215. The van der Waals surface area contributed by atoms with Crippen molar-refractivity contribution < 1.29 is 23.1 Å². The summed E-state index contributed by atoms with van der Waals surface area (Å²) >= 11 is 6.45. The summed E-state index contributed by atoms with van der Waals surface area (Å²) in [7, 11) is 3.06. The van der Waals surface area contributed by atoms with Crippen LogP contribution in [0.25, 0.3) is 33.4 Å². The van der Waals surface area contributed by atoms with Crippen molar-refractivity contribution in [3.05, 3.63) is 112 Å². The third-order valence-corrected chi connectivity index (χ3v) is 7.85. The van der Waals surface area contributed by atoms with E-state index < -0.39 is 5.54 Å². The van der Waals surface area contributed by atoms with Crippen LogP contribution in [0.5, 0.6) is 5.75 Å². The van der Waals surface area contributed by atoms with Crippen LogP contribution in [-0.2, 0) is 5.54 Å². The zero-order valence-corrected chi connectivity index (χ0v) is 23.1. The second-order valence-electron chi connectivity index (χ2n) is 10.0. The fourth-order valence-electron chi connectivity index (χ4n) is 5.30. The SMILES string of the molecule is CNC(=O)c1c(-c2ccc(F)cc2)oc2ccc(-c3cccc(C(=O)NC4(c5ccccc5Cl)CC4)c3OC)cc12. The number of halogens is 2. The van der Waals surface area contributed by atoms with Gasteiger partial charge < -0.3 is 19.8 Å². The number of benzene rings is 4. The van der Waals surface area contributed by atoms with Gasteiger partial charge in [0.15, 0.2) is 0 Å². The Morgan fingerprint density at radius 3 is 2.34 bits per heavy atom. The van der Waals surface area contributed by atoms with Gasteiger partial charge in [-0.15, -0.1) is 0 Å². The van der Waals surface area contributed by atoms with Crippen molar-refractivity contribution in [2.75, 3.05) is 14.2 Å². The number of rotatable bonds is 7. The molecule has 1 aromatic heterocycles. The highest BCUT2D eigenvalue weighted by molar-refractivity contribution is 6.31. The van der Waals surface area contributed by atoms with Gasteiger partial charge in [0, 0.05) is 28.6 Å². The van der Waals surface area contributed by atoms with Gasteiger partial charge in [-0.05, 0) is 72.5 Å². The standard InChI is InChI=1S/C33H26ClFN2O4/c1-36-32(39)28-24-18-20(12-15-27(24)41-29(28)19-10-13-21(35)14-11-19)22-6-5-7-23(30(22)40-2)31(38)37-33(16-17-33)25-8-3-4-9-26(25)34/h3-15,18H,16-17H2,1-2H3,(H,36,39)(H,37,38). The van der Waals surface area contributed by atoms with E-state index in [0.717, 1.165) is 24.0 Å². The van der Waals surface area contributed by atoms with Gasteiger partial charge in [0.1, 0.15) is 22.9 Å². The molecule has 1 heterocycles. The summed E-state index contributed by atoms with van der Waals surface area (Å²) in [5.74, 6) is -0.247. The maximum atomic E-state index is 13.6. The Bertz CT molecular complexity index is 1810. The molecule has 6 rings (SSSR count). The number of nitrogens with one attached hydrogen (secondary N) is 2. The van der Waals surface area contributed by atoms with E-state index in [9.17, 15) is 14.0 Å². The van der Waals surface area contributed by atoms with Gasteiger partial charge in [-0.1, -0.05) is 48.0 Å². The van der Waals surface area contributed by atoms with Crippen LogP contribution in [0, 0.1) is 5.82 Å². The Morgan fingerprint density at radius 2 is 1.66 bits per heavy atom. The van der Waals surface area contributed by atoms with E-state index >= 15 is 0 Å². The van der Waals surface area contributed by atoms with E-state index in [1.807, 2.05) is 42.5 Å². The van der Waals surface area contributed by atoms with Crippen LogP contribution < -0.4 is 15.4 Å². The van der Waals surface area contributed by atoms with Gasteiger partial charge in [-0.3, -0.25) is 9.59 Å². The number of ether oxygens (including phenoxy) is 1. The predicted octanol–water partition coefficient (Wildman–Crippen LogP) is 7.35. The molecule has 0 radical (unpaired) electrons. The second-order valence-corrected chi connectivity index (χ2v) is 10.4. The molecule has 41 heavy (non-hydrogen) atoms. The number of para-hydroxylation sites is 1. The number of methoxy groups -OCH3 is 1. The normalized spacial score (nSPS) is 13.6. The minimum Gasteiger partial charge on any atom is -0.495 e. The lowest BCUT2D eigenvalue weighted by molar-refractivity contribution is 0.0926. The van der Waals surface area contributed by atoms with E-state index in [-0.39, 0.29) is 17.6 Å². The Morgan fingerprint density at radius 1 is 0.927 bits per heavy atom. The summed E-state index contributed by atoms with van der Waals surface area (Å²) in [6.45, 7) is 0. The number of furan rings is 1. The third kappa shape index (κ3) is 4.72. The first-order chi connectivity index (χ1) is 19.8. The third-order valence-electron chi connectivity index (χ3n) is 7.52. The lowest BCUT2D eigenvalue weighted by atomic mass is 9.97. The van der Waals surface area contributed by atoms with Crippen LogP contribution in [0.2, 0.25) is 5.02 Å². The van der Waals surface area contributed by atoms with Crippen molar-refractivity contribution >= 4 is 34.4 Å². The predicted molar refractivity (Wildman–Crippen MR) is 157 cm³/mol. The van der Waals surface area contributed by atoms with Gasteiger partial charge in [-0.2, -0.15) is 0 Å². The first-order valence-corrected chi connectivity index (χ1v) is 13.5. The molecule has 5 aromatic rings. The number of fused-ring (bicyclic) bond motifs is 1. The molecule has 206 valence electrons. The van der Waals surface area contributed by atoms with E-state index in [1.54, 1.807) is 37.4 Å². The largest absolute Gasteiger partial charge is 0.495 e. The molecule has 8 heteroatoms. The maximum Gasteiger partial charge on any atom is 0.255 e. The summed E-state index contributed by atoms with van der Waals surface area (Å²) < 4.78 is 25.4. The summed E-state index contributed by atoms with van der Waals surface area (Å²) in [5.41, 5.74) is 3.58. The van der Waals surface area contributed by atoms with Gasteiger partial charge in [0.05, 0.1) is 23.8 Å². The van der Waals surface area contributed by atoms with Gasteiger partial charge in [-0.25, -0.2) is 4.39 Å². The first-order valence-electron chi connectivity index (χ1n) is 13.1. The van der Waals surface area contributed by atoms with Crippen molar-refractivity contribution in [1.29, 1.82) is 0 Å². The van der Waals surface area contributed by atoms with Gasteiger partial charge >= 0.3 is 0 Å². The Balaban J connectivity index is 1.41. The molecule has 6 nitrogen and oxygen atoms in total. The molecule has 1 aliphatic carbocycles. The zero-order valence-electron chi connectivity index (χ0n) is 22.4. The molecule has 0 unspecified atom stereocenters. The van der Waals surface area contributed by atoms with Crippen LogP contribution >= 0.6 is 11.6 Å². The first kappa shape index (κ1) is 26.6. The van der Waals surface area contributed by atoms with Crippen molar-refractivity contribution in [1.82, 2.24) is 10.6 Å². The molecular formula is C33H26ClFN2O4. The molecule has 1 saturated carbocycles. The number of hydrogen-bond acceptors (Lipinski definition) is 4. The zero-order chi connectivity index (χ0) is 28.7. The molecular weight excluding hydrogens is 543 g/mol. The lowest BCUT2D eigenvalue weighted by Gasteiger charge is -2.21. The van der Waals surface area contributed by atoms with Gasteiger partial charge in [0.25, 0.3) is 11.8 Å². The maximum absolute atomic E-state index is 13.6. The van der Waals surface area contributed by atoms with E-state index in [4.69, 9.17) is 20.8 Å². The molecule has 2 N–H and O–H groups in total. The Hall–Kier alpha value is -4.62. The van der Waals surface area contributed by atoms with Crippen LogP contribution in [0.1, 0.15) is 39.1 Å². The van der Waals surface area contributed by atoms with Crippen LogP contribution in [0.4, 0.5) is 4.39 Å². The highest BCUT2D eigenvalue weighted by atomic mass is 35.5. The molecule has 1 aliphatic rings. The summed E-state index contributed by atoms with van der Waals surface area (Å²) in [6, 6.07) is 24.2. The highest BCUT2D eigenvalue weighted by Crippen LogP contribution is 2.48. The molecule has 0 bridgehead atoms. The minimum atomic E-state index is -0.509. The van der Waals surface area contributed by atoms with Crippen molar-refractivity contribution in [3.63, 3.8) is 0 Å². The molecule has 4 aromatic carbocycles. The molecule has 2 amide bonds. The molecule has 0 spiro atoms. The van der Waals surface area contributed by atoms with Crippen molar-refractivity contribution in [3.8, 4) is 28.2 Å². The molecule has 1 fully saturated rings. The molecule has 0 aliphatic heterocycles. The second kappa shape index (κ2) is 10.4. The summed E-state index contributed by atoms with van der Waals surface area (Å²) in [5, 5.41) is 7.05. The number of carbonyl (C=O) groups is 2. The summed E-state index contributed by atoms with van der Waals surface area (Å²) in [4.78, 5) is 26.6. The Kier molecular flexibility index (Phi) is 6.75. The van der Waals surface area contributed by atoms with Crippen LogP contribution in [-0.4, -0.2) is 26.0 Å². The van der Waals surface area contributed by atoms with Crippen LogP contribution in [0.3, 0.4) is 0 Å². The van der Waals surface area contributed by atoms with Gasteiger partial charge in [0.2, 0.25) is 0 Å². The topological polar surface area (TPSA) is 80.6 Å². The minimum absolute atomic E-state index is 0.268. The fraction of sp³-hybridized carbons (Fsp3) is 0.152. The van der Waals surface area contributed by atoms with Crippen molar-refractivity contribution in [2.24, 2.45) is 0 Å². The van der Waals surface area contributed by atoms with Crippen molar-refractivity contribution in [2.45, 2.75) is 18.4 Å². The smallest absolute Gasteiger partial charge is 0.255 e. The van der Waals surface area contributed by atoms with E-state index in [1.165, 1.54) is 19.2 Å². The average Bonchev–Trinajstić information content (AvgIpc) is 3.67. The van der Waals surface area contributed by atoms with E-state index in [2.05, 4.69) is 10.6 Å². The average molecular weight is 569 g/mol. The number of hydrogen-bond donors (Lipinski definition) is 2. The highest BCUT2D eigenvalue weighted by Gasteiger charge is 2.47. The van der Waals surface area contributed by atoms with Crippen LogP contribution in [0.15, 0.2) is 89.3 Å². The summed E-state index contributed by atoms with van der Waals surface area (Å²) in [6.07, 6.45) is 1.58. The number of amides is 2. The van der Waals surface area contributed by atoms with E-state index in [0.29, 0.717) is 49.8 Å². The fourth-order valence-corrected chi connectivity index (χ4v) is 5.62. The Labute approximate surface area is 241 Å². The monoisotopic (exact) mass is 568 g/mol. The lowest BCUT2D eigenvalue weighted by Crippen LogP contribution is -2.35.